The third-order valence-electron chi connectivity index (χ3n) is 4.38. The fourth-order valence-corrected chi connectivity index (χ4v) is 3.89. The lowest BCUT2D eigenvalue weighted by Gasteiger charge is -2.44. The molecule has 1 N–H and O–H groups in total. The largest absolute Gasteiger partial charge is 0.462 e. The van der Waals surface area contributed by atoms with E-state index in [1.807, 2.05) is 34.6 Å². The monoisotopic (exact) mass is 385 g/mol. The van der Waals surface area contributed by atoms with Gasteiger partial charge in [-0.25, -0.2) is 0 Å². The molecule has 158 valence electrons. The summed E-state index contributed by atoms with van der Waals surface area (Å²) in [6.07, 6.45) is 1.70. The quantitative estimate of drug-likeness (QED) is 0.479. The minimum absolute atomic E-state index is 0.0778. The third-order valence-corrected chi connectivity index (χ3v) is 4.38. The van der Waals surface area contributed by atoms with E-state index in [0.29, 0.717) is 25.7 Å². The summed E-state index contributed by atoms with van der Waals surface area (Å²) in [6, 6.07) is 0. The minimum Gasteiger partial charge on any atom is -0.462 e. The molecule has 0 aromatic carbocycles. The summed E-state index contributed by atoms with van der Waals surface area (Å²) in [6.45, 7) is 18.8. The molecule has 0 aliphatic heterocycles. The summed E-state index contributed by atoms with van der Waals surface area (Å²) < 4.78 is 11.3. The van der Waals surface area contributed by atoms with Crippen molar-refractivity contribution < 1.29 is 23.9 Å². The molecule has 0 aliphatic carbocycles. The summed E-state index contributed by atoms with van der Waals surface area (Å²) in [4.78, 5) is 34.7. The molecule has 1 amide bonds. The van der Waals surface area contributed by atoms with Gasteiger partial charge in [-0.15, -0.1) is 0 Å². The van der Waals surface area contributed by atoms with Crippen molar-refractivity contribution in [3.05, 3.63) is 0 Å². The average molecular weight is 386 g/mol. The molecular formula is C21H39NO5. The van der Waals surface area contributed by atoms with Crippen molar-refractivity contribution >= 4 is 18.3 Å². The number of nitrogens with one attached hydrogen (secondary N) is 1. The zero-order valence-electron chi connectivity index (χ0n) is 18.8. The van der Waals surface area contributed by atoms with E-state index in [2.05, 4.69) is 26.1 Å². The summed E-state index contributed by atoms with van der Waals surface area (Å²) in [7, 11) is 0. The fourth-order valence-electron chi connectivity index (χ4n) is 3.89. The van der Waals surface area contributed by atoms with Crippen molar-refractivity contribution in [3.8, 4) is 0 Å². The van der Waals surface area contributed by atoms with Crippen LogP contribution in [0.15, 0.2) is 0 Å². The van der Waals surface area contributed by atoms with E-state index in [0.717, 1.165) is 0 Å². The second-order valence-corrected chi connectivity index (χ2v) is 10.4. The van der Waals surface area contributed by atoms with Crippen LogP contribution in [0, 0.1) is 10.8 Å². The zero-order chi connectivity index (χ0) is 21.7. The highest BCUT2D eigenvalue weighted by Crippen LogP contribution is 2.39. The first-order valence-electron chi connectivity index (χ1n) is 9.50. The molecule has 0 spiro atoms. The first-order valence-corrected chi connectivity index (χ1v) is 9.50. The van der Waals surface area contributed by atoms with Gasteiger partial charge >= 0.3 is 11.9 Å². The van der Waals surface area contributed by atoms with Crippen molar-refractivity contribution in [2.24, 2.45) is 10.8 Å². The lowest BCUT2D eigenvalue weighted by atomic mass is 9.72. The van der Waals surface area contributed by atoms with Gasteiger partial charge in [-0.05, 0) is 31.1 Å². The number of esters is 2. The van der Waals surface area contributed by atoms with Gasteiger partial charge in [-0.2, -0.15) is 0 Å². The number of amides is 1. The Bertz CT molecular complexity index is 532. The normalized spacial score (nSPS) is 17.9. The topological polar surface area (TPSA) is 81.7 Å². The van der Waals surface area contributed by atoms with Crippen LogP contribution < -0.4 is 5.32 Å². The van der Waals surface area contributed by atoms with E-state index in [9.17, 15) is 14.4 Å². The standard InChI is InChI=1S/C21H39NO5/c1-15(24)26-17(19(6,7)8)11-20(9,22-14-23)13-21(10,27-16(2)25)12-18(3,4)5/h14,17H,11-13H2,1-10H3,(H,22,23). The molecule has 27 heavy (non-hydrogen) atoms. The van der Waals surface area contributed by atoms with Gasteiger partial charge in [0.25, 0.3) is 0 Å². The van der Waals surface area contributed by atoms with Crippen molar-refractivity contribution in [1.82, 2.24) is 5.32 Å². The van der Waals surface area contributed by atoms with Crippen molar-refractivity contribution in [2.75, 3.05) is 0 Å². The summed E-state index contributed by atoms with van der Waals surface area (Å²) in [5.74, 6) is -0.719. The maximum Gasteiger partial charge on any atom is 0.303 e. The van der Waals surface area contributed by atoms with E-state index in [1.165, 1.54) is 13.8 Å². The Kier molecular flexibility index (Phi) is 8.53. The Morgan fingerprint density at radius 3 is 1.78 bits per heavy atom. The van der Waals surface area contributed by atoms with Crippen LogP contribution in [-0.4, -0.2) is 35.6 Å². The van der Waals surface area contributed by atoms with Gasteiger partial charge in [0.05, 0.1) is 0 Å². The number of ether oxygens (including phenoxy) is 2. The minimum atomic E-state index is -0.770. The van der Waals surface area contributed by atoms with Crippen LogP contribution in [0.5, 0.6) is 0 Å². The van der Waals surface area contributed by atoms with E-state index in [1.54, 1.807) is 0 Å². The number of hydrogen-bond acceptors (Lipinski definition) is 5. The maximum absolute atomic E-state index is 11.7. The Hall–Kier alpha value is -1.59. The van der Waals surface area contributed by atoms with Gasteiger partial charge in [0.1, 0.15) is 11.7 Å². The van der Waals surface area contributed by atoms with Gasteiger partial charge in [-0.1, -0.05) is 41.5 Å². The van der Waals surface area contributed by atoms with Gasteiger partial charge in [0.2, 0.25) is 6.41 Å². The van der Waals surface area contributed by atoms with Crippen molar-refractivity contribution in [3.63, 3.8) is 0 Å². The highest BCUT2D eigenvalue weighted by Gasteiger charge is 2.43. The number of carbonyl (C=O) groups is 3. The molecule has 3 unspecified atom stereocenters. The molecule has 0 aromatic heterocycles. The Labute approximate surface area is 164 Å². The lowest BCUT2D eigenvalue weighted by Crippen LogP contribution is -2.53. The van der Waals surface area contributed by atoms with Crippen LogP contribution in [0.3, 0.4) is 0 Å². The molecule has 3 atom stereocenters. The maximum atomic E-state index is 11.7. The highest BCUT2D eigenvalue weighted by atomic mass is 16.6. The molecule has 0 saturated heterocycles. The molecular weight excluding hydrogens is 346 g/mol. The van der Waals surface area contributed by atoms with Crippen molar-refractivity contribution in [2.45, 2.75) is 106 Å². The molecule has 0 aromatic rings. The van der Waals surface area contributed by atoms with Crippen LogP contribution in [0.2, 0.25) is 0 Å². The second kappa shape index (κ2) is 9.07. The van der Waals surface area contributed by atoms with E-state index in [4.69, 9.17) is 9.47 Å². The lowest BCUT2D eigenvalue weighted by molar-refractivity contribution is -0.162. The summed E-state index contributed by atoms with van der Waals surface area (Å²) >= 11 is 0. The summed E-state index contributed by atoms with van der Waals surface area (Å²) in [5.41, 5.74) is -1.87. The SMILES string of the molecule is CC(=O)OC(CC(C)(CC(C)(CC(C)(C)C)OC(C)=O)NC=O)C(C)(C)C. The van der Waals surface area contributed by atoms with E-state index >= 15 is 0 Å². The Morgan fingerprint density at radius 2 is 1.44 bits per heavy atom. The second-order valence-electron chi connectivity index (χ2n) is 10.4. The van der Waals surface area contributed by atoms with Gasteiger partial charge in [0, 0.05) is 32.2 Å². The predicted molar refractivity (Wildman–Crippen MR) is 106 cm³/mol. The van der Waals surface area contributed by atoms with E-state index < -0.39 is 17.2 Å². The molecule has 0 fully saturated rings. The number of carbonyl (C=O) groups excluding carboxylic acids is 3. The van der Waals surface area contributed by atoms with Crippen LogP contribution in [0.4, 0.5) is 0 Å². The molecule has 0 saturated carbocycles. The van der Waals surface area contributed by atoms with Crippen LogP contribution in [0.25, 0.3) is 0 Å². The highest BCUT2D eigenvalue weighted by molar-refractivity contribution is 5.66. The number of hydrogen-bond donors (Lipinski definition) is 1. The first-order chi connectivity index (χ1) is 11.9. The Balaban J connectivity index is 5.80. The molecule has 0 aliphatic rings. The number of rotatable bonds is 9. The third kappa shape index (κ3) is 10.4. The van der Waals surface area contributed by atoms with E-state index in [-0.39, 0.29) is 22.8 Å². The van der Waals surface area contributed by atoms with Crippen LogP contribution in [0.1, 0.15) is 88.5 Å². The van der Waals surface area contributed by atoms with Gasteiger partial charge < -0.3 is 14.8 Å². The smallest absolute Gasteiger partial charge is 0.303 e. The van der Waals surface area contributed by atoms with Crippen molar-refractivity contribution in [1.29, 1.82) is 0 Å². The molecule has 0 heterocycles. The summed E-state index contributed by atoms with van der Waals surface area (Å²) in [5, 5.41) is 2.89. The Morgan fingerprint density at radius 1 is 0.926 bits per heavy atom. The fraction of sp³-hybridized carbons (Fsp3) is 0.857. The molecule has 6 nitrogen and oxygen atoms in total. The predicted octanol–water partition coefficient (Wildman–Crippen LogP) is 4.01. The van der Waals surface area contributed by atoms with Crippen LogP contribution >= 0.6 is 0 Å². The average Bonchev–Trinajstić information content (AvgIpc) is 2.31. The van der Waals surface area contributed by atoms with Crippen LogP contribution in [-0.2, 0) is 23.9 Å². The molecule has 0 radical (unpaired) electrons. The molecule has 6 heteroatoms. The zero-order valence-corrected chi connectivity index (χ0v) is 18.8. The molecule has 0 bridgehead atoms. The molecule has 0 rings (SSSR count). The van der Waals surface area contributed by atoms with Gasteiger partial charge in [0.15, 0.2) is 0 Å². The van der Waals surface area contributed by atoms with Gasteiger partial charge in [-0.3, -0.25) is 14.4 Å². The first kappa shape index (κ1) is 25.4.